The van der Waals surface area contributed by atoms with Gasteiger partial charge in [-0.25, -0.2) is 17.6 Å². The molecule has 0 fully saturated rings. The molecule has 1 aromatic carbocycles. The third-order valence-electron chi connectivity index (χ3n) is 1.52. The molecule has 1 rings (SSSR count). The molecular weight excluding hydrogens is 204 g/mol. The summed E-state index contributed by atoms with van der Waals surface area (Å²) in [4.78, 5) is -0.324. The minimum Gasteiger partial charge on any atom is -0.206 e. The van der Waals surface area contributed by atoms with Gasteiger partial charge in [-0.2, -0.15) is 0 Å². The highest BCUT2D eigenvalue weighted by Crippen LogP contribution is 2.33. The van der Waals surface area contributed by atoms with Crippen LogP contribution in [0.2, 0.25) is 0 Å². The highest BCUT2D eigenvalue weighted by Gasteiger charge is 2.20. The molecule has 1 aromatic rings. The molecule has 0 nitrogen and oxygen atoms in total. The molecule has 0 aliphatic rings. The first kappa shape index (κ1) is 10.4. The van der Waals surface area contributed by atoms with E-state index in [2.05, 4.69) is 0 Å². The van der Waals surface area contributed by atoms with Gasteiger partial charge in [-0.15, -0.1) is 11.8 Å². The second-order valence-corrected chi connectivity index (χ2v) is 3.09. The maximum atomic E-state index is 12.9. The van der Waals surface area contributed by atoms with Gasteiger partial charge in [0, 0.05) is 0 Å². The molecule has 72 valence electrons. The lowest BCUT2D eigenvalue weighted by Crippen LogP contribution is -1.96. The number of hydrogen-bond acceptors (Lipinski definition) is 1. The summed E-state index contributed by atoms with van der Waals surface area (Å²) in [5.74, 6) is -1.88. The average Bonchev–Trinajstić information content (AvgIpc) is 2.07. The maximum Gasteiger partial charge on any atom is 0.267 e. The van der Waals surface area contributed by atoms with Crippen molar-refractivity contribution in [2.45, 2.75) is 11.3 Å². The molecule has 13 heavy (non-hydrogen) atoms. The molecular formula is C8H6F4S. The van der Waals surface area contributed by atoms with Gasteiger partial charge in [0.15, 0.2) is 0 Å². The summed E-state index contributed by atoms with van der Waals surface area (Å²) >= 11 is 0.770. The molecule has 0 aliphatic heterocycles. The second kappa shape index (κ2) is 4.00. The summed E-state index contributed by atoms with van der Waals surface area (Å²) in [5.41, 5.74) is -0.854. The Morgan fingerprint density at radius 1 is 1.15 bits per heavy atom. The Kier molecular flexibility index (Phi) is 3.19. The summed E-state index contributed by atoms with van der Waals surface area (Å²) in [7, 11) is 0. The van der Waals surface area contributed by atoms with E-state index >= 15 is 0 Å². The van der Waals surface area contributed by atoms with Gasteiger partial charge in [0.25, 0.3) is 6.43 Å². The van der Waals surface area contributed by atoms with Crippen LogP contribution in [0, 0.1) is 11.6 Å². The van der Waals surface area contributed by atoms with Crippen LogP contribution in [-0.4, -0.2) is 6.26 Å². The van der Waals surface area contributed by atoms with E-state index in [1.165, 1.54) is 6.26 Å². The molecule has 0 aromatic heterocycles. The first-order chi connectivity index (χ1) is 6.07. The molecule has 0 saturated heterocycles. The molecule has 0 atom stereocenters. The monoisotopic (exact) mass is 210 g/mol. The van der Waals surface area contributed by atoms with Crippen molar-refractivity contribution in [2.24, 2.45) is 0 Å². The highest BCUT2D eigenvalue weighted by atomic mass is 32.2. The van der Waals surface area contributed by atoms with Crippen LogP contribution in [0.1, 0.15) is 12.0 Å². The Balaban J connectivity index is 3.35. The third kappa shape index (κ3) is 1.96. The van der Waals surface area contributed by atoms with Gasteiger partial charge in [-0.1, -0.05) is 0 Å². The fourth-order valence-electron chi connectivity index (χ4n) is 0.960. The van der Waals surface area contributed by atoms with Gasteiger partial charge in [-0.3, -0.25) is 0 Å². The number of thioether (sulfide) groups is 1. The quantitative estimate of drug-likeness (QED) is 0.530. The zero-order valence-corrected chi connectivity index (χ0v) is 7.47. The minimum atomic E-state index is -2.99. The van der Waals surface area contributed by atoms with Gasteiger partial charge < -0.3 is 0 Å². The molecule has 0 spiro atoms. The summed E-state index contributed by atoms with van der Waals surface area (Å²) < 4.78 is 50.1. The largest absolute Gasteiger partial charge is 0.267 e. The van der Waals surface area contributed by atoms with E-state index in [-0.39, 0.29) is 4.90 Å². The molecule has 0 amide bonds. The minimum absolute atomic E-state index is 0.324. The van der Waals surface area contributed by atoms with E-state index < -0.39 is 23.6 Å². The van der Waals surface area contributed by atoms with E-state index in [0.29, 0.717) is 6.07 Å². The molecule has 0 N–H and O–H groups in total. The number of rotatable bonds is 2. The zero-order valence-electron chi connectivity index (χ0n) is 6.65. The molecule has 0 aliphatic carbocycles. The Bertz CT molecular complexity index is 311. The average molecular weight is 210 g/mol. The van der Waals surface area contributed by atoms with Crippen LogP contribution in [0.15, 0.2) is 17.0 Å². The van der Waals surface area contributed by atoms with Crippen molar-refractivity contribution in [3.8, 4) is 0 Å². The summed E-state index contributed by atoms with van der Waals surface area (Å²) in [6.45, 7) is 0. The van der Waals surface area contributed by atoms with E-state index in [1.54, 1.807) is 0 Å². The Morgan fingerprint density at radius 2 is 1.69 bits per heavy atom. The predicted molar refractivity (Wildman–Crippen MR) is 43.1 cm³/mol. The van der Waals surface area contributed by atoms with Crippen molar-refractivity contribution < 1.29 is 17.6 Å². The zero-order chi connectivity index (χ0) is 10.0. The lowest BCUT2D eigenvalue weighted by atomic mass is 10.2. The van der Waals surface area contributed by atoms with E-state index in [0.717, 1.165) is 17.8 Å². The molecule has 0 bridgehead atoms. The molecule has 0 heterocycles. The Hall–Kier alpha value is -0.710. The second-order valence-electron chi connectivity index (χ2n) is 2.28. The van der Waals surface area contributed by atoms with Gasteiger partial charge in [-0.05, 0) is 18.4 Å². The number of halogens is 4. The lowest BCUT2D eigenvalue weighted by molar-refractivity contribution is 0.142. The van der Waals surface area contributed by atoms with E-state index in [1.807, 2.05) is 0 Å². The predicted octanol–water partition coefficient (Wildman–Crippen LogP) is 3.62. The normalized spacial score (nSPS) is 10.9. The SMILES string of the molecule is CSc1c(F)ccc(F)c1C(F)F. The Labute approximate surface area is 76.9 Å². The van der Waals surface area contributed by atoms with Crippen molar-refractivity contribution >= 4 is 11.8 Å². The third-order valence-corrected chi connectivity index (χ3v) is 2.34. The first-order valence-corrected chi connectivity index (χ1v) is 4.60. The van der Waals surface area contributed by atoms with Gasteiger partial charge in [0.1, 0.15) is 11.6 Å². The molecule has 5 heteroatoms. The van der Waals surface area contributed by atoms with Crippen molar-refractivity contribution in [1.29, 1.82) is 0 Å². The van der Waals surface area contributed by atoms with Crippen LogP contribution in [0.4, 0.5) is 17.6 Å². The van der Waals surface area contributed by atoms with Crippen molar-refractivity contribution in [1.82, 2.24) is 0 Å². The molecule has 0 radical (unpaired) electrons. The number of benzene rings is 1. The van der Waals surface area contributed by atoms with Crippen LogP contribution >= 0.6 is 11.8 Å². The van der Waals surface area contributed by atoms with Gasteiger partial charge >= 0.3 is 0 Å². The van der Waals surface area contributed by atoms with Crippen molar-refractivity contribution in [3.63, 3.8) is 0 Å². The summed E-state index contributed by atoms with van der Waals surface area (Å²) in [6.07, 6.45) is -1.57. The fraction of sp³-hybridized carbons (Fsp3) is 0.250. The fourth-order valence-corrected chi connectivity index (χ4v) is 1.63. The Morgan fingerprint density at radius 3 is 2.08 bits per heavy atom. The highest BCUT2D eigenvalue weighted by molar-refractivity contribution is 7.98. The molecule has 0 unspecified atom stereocenters. The van der Waals surface area contributed by atoms with Crippen LogP contribution in [0.5, 0.6) is 0 Å². The summed E-state index contributed by atoms with van der Waals surface area (Å²) in [6, 6.07) is 1.55. The van der Waals surface area contributed by atoms with Crippen LogP contribution in [-0.2, 0) is 0 Å². The topological polar surface area (TPSA) is 0 Å². The van der Waals surface area contributed by atoms with E-state index in [4.69, 9.17) is 0 Å². The van der Waals surface area contributed by atoms with Crippen LogP contribution < -0.4 is 0 Å². The number of alkyl halides is 2. The van der Waals surface area contributed by atoms with Crippen LogP contribution in [0.25, 0.3) is 0 Å². The van der Waals surface area contributed by atoms with Crippen molar-refractivity contribution in [3.05, 3.63) is 29.3 Å². The molecule has 0 saturated carbocycles. The van der Waals surface area contributed by atoms with Crippen LogP contribution in [0.3, 0.4) is 0 Å². The summed E-state index contributed by atoms with van der Waals surface area (Å²) in [5, 5.41) is 0. The lowest BCUT2D eigenvalue weighted by Gasteiger charge is -2.07. The maximum absolute atomic E-state index is 12.9. The van der Waals surface area contributed by atoms with Crippen molar-refractivity contribution in [2.75, 3.05) is 6.26 Å². The van der Waals surface area contributed by atoms with E-state index in [9.17, 15) is 17.6 Å². The number of hydrogen-bond donors (Lipinski definition) is 0. The standard InChI is InChI=1S/C8H6F4S/c1-13-7-5(10)3-2-4(9)6(7)8(11)12/h2-3,8H,1H3. The van der Waals surface area contributed by atoms with Gasteiger partial charge in [0.2, 0.25) is 0 Å². The first-order valence-electron chi connectivity index (χ1n) is 3.38. The smallest absolute Gasteiger partial charge is 0.206 e. The van der Waals surface area contributed by atoms with Gasteiger partial charge in [0.05, 0.1) is 10.5 Å².